The maximum absolute atomic E-state index is 13.5. The normalized spacial score (nSPS) is 45.3. The fraction of sp³-hybridized carbons (Fsp3) is 0.862. The Kier molecular flexibility index (Phi) is 7.07. The zero-order valence-corrected chi connectivity index (χ0v) is 23.2. The fourth-order valence-corrected chi connectivity index (χ4v) is 8.61. The first kappa shape index (κ1) is 28.7. The number of esters is 1. The van der Waals surface area contributed by atoms with E-state index in [1.807, 2.05) is 13.8 Å². The lowest BCUT2D eigenvalue weighted by Gasteiger charge is -2.61. The van der Waals surface area contributed by atoms with Crippen LogP contribution in [0.1, 0.15) is 92.9 Å². The van der Waals surface area contributed by atoms with E-state index in [1.54, 1.807) is 19.9 Å². The first-order chi connectivity index (χ1) is 16.9. The molecule has 0 aliphatic heterocycles. The summed E-state index contributed by atoms with van der Waals surface area (Å²) >= 11 is 0. The van der Waals surface area contributed by atoms with Crippen LogP contribution < -0.4 is 0 Å². The molecule has 210 valence electrons. The molecule has 0 heterocycles. The van der Waals surface area contributed by atoms with E-state index in [9.17, 15) is 35.1 Å². The van der Waals surface area contributed by atoms with Crippen molar-refractivity contribution in [2.24, 2.45) is 34.5 Å². The van der Waals surface area contributed by atoms with Crippen molar-refractivity contribution in [3.63, 3.8) is 0 Å². The lowest BCUT2D eigenvalue weighted by molar-refractivity contribution is -0.282. The van der Waals surface area contributed by atoms with Crippen molar-refractivity contribution in [1.82, 2.24) is 0 Å². The lowest BCUT2D eigenvalue weighted by atomic mass is 9.45. The first-order valence-electron chi connectivity index (χ1n) is 13.9. The third kappa shape index (κ3) is 4.50. The van der Waals surface area contributed by atoms with Crippen molar-refractivity contribution >= 4 is 11.8 Å². The second-order valence-electron chi connectivity index (χ2n) is 13.7. The van der Waals surface area contributed by atoms with Gasteiger partial charge in [-0.2, -0.15) is 0 Å². The molecule has 10 atom stereocenters. The summed E-state index contributed by atoms with van der Waals surface area (Å²) in [5, 5.41) is 55.2. The zero-order chi connectivity index (χ0) is 27.8. The van der Waals surface area contributed by atoms with Crippen LogP contribution in [-0.2, 0) is 14.3 Å². The van der Waals surface area contributed by atoms with E-state index in [0.717, 1.165) is 18.9 Å². The molecule has 0 radical (unpaired) electrons. The van der Waals surface area contributed by atoms with Crippen molar-refractivity contribution in [2.45, 2.75) is 122 Å². The maximum Gasteiger partial charge on any atom is 0.305 e. The van der Waals surface area contributed by atoms with Gasteiger partial charge in [0.05, 0.1) is 17.3 Å². The highest BCUT2D eigenvalue weighted by molar-refractivity contribution is 5.95. The number of allylic oxidation sites excluding steroid dienone is 1. The number of ketones is 1. The molecule has 0 saturated heterocycles. The number of fused-ring (bicyclic) bond motifs is 5. The van der Waals surface area contributed by atoms with Crippen LogP contribution in [0.15, 0.2) is 11.6 Å². The van der Waals surface area contributed by atoms with Crippen molar-refractivity contribution in [3.05, 3.63) is 11.6 Å². The minimum atomic E-state index is -2.11. The number of rotatable bonds is 6. The smallest absolute Gasteiger partial charge is 0.305 e. The van der Waals surface area contributed by atoms with Gasteiger partial charge in [0.2, 0.25) is 5.79 Å². The van der Waals surface area contributed by atoms with Crippen LogP contribution in [0.4, 0.5) is 0 Å². The van der Waals surface area contributed by atoms with E-state index in [4.69, 9.17) is 4.74 Å². The molecule has 0 spiro atoms. The van der Waals surface area contributed by atoms with E-state index in [1.165, 1.54) is 0 Å². The predicted molar refractivity (Wildman–Crippen MR) is 136 cm³/mol. The second kappa shape index (κ2) is 9.12. The molecule has 0 aromatic rings. The SMILES string of the molecule is CC(=O)O[C@]1(O)C[C@H]2C(=O)C=C3[C@H](CC[C@]4(C)[C@@H]([C@H](C)C(O)CCC(C)(C)O)CC[C@@]34O)[C@@]2(C)C[C@@H]1O. The summed E-state index contributed by atoms with van der Waals surface area (Å²) in [5.41, 5.74) is -2.57. The Hall–Kier alpha value is -1.32. The Balaban J connectivity index is 1.63. The first-order valence-corrected chi connectivity index (χ1v) is 13.9. The topological polar surface area (TPSA) is 145 Å². The minimum Gasteiger partial charge on any atom is -0.431 e. The molecule has 4 rings (SSSR count). The van der Waals surface area contributed by atoms with Gasteiger partial charge >= 0.3 is 5.97 Å². The second-order valence-corrected chi connectivity index (χ2v) is 13.7. The molecule has 5 N–H and O–H groups in total. The largest absolute Gasteiger partial charge is 0.431 e. The lowest BCUT2D eigenvalue weighted by Crippen LogP contribution is -2.64. The summed E-state index contributed by atoms with van der Waals surface area (Å²) in [6, 6.07) is 0. The summed E-state index contributed by atoms with van der Waals surface area (Å²) in [6.45, 7) is 10.7. The highest BCUT2D eigenvalue weighted by Gasteiger charge is 2.68. The Bertz CT molecular complexity index is 969. The number of ether oxygens (including phenoxy) is 1. The Morgan fingerprint density at radius 2 is 1.81 bits per heavy atom. The number of hydrogen-bond acceptors (Lipinski definition) is 8. The summed E-state index contributed by atoms with van der Waals surface area (Å²) in [5.74, 6) is -3.88. The number of carbonyl (C=O) groups excluding carboxylic acids is 2. The molecule has 8 heteroatoms. The Labute approximate surface area is 220 Å². The monoisotopic (exact) mass is 522 g/mol. The summed E-state index contributed by atoms with van der Waals surface area (Å²) in [4.78, 5) is 25.1. The molecule has 0 aromatic heterocycles. The molecule has 4 aliphatic rings. The standard InChI is InChI=1S/C29H46O8/c1-16(22(31)9-10-25(3,4)34)18-8-12-28(35)20-13-23(32)21-14-29(36,37-17(2)30)24(33)15-26(21,5)19(20)7-11-27(18,28)6/h13,16,18-19,21-22,24,31,33-36H,7-12,14-15H2,1-6H3/t16-,18+,19-,21-,22?,24-,26+,27+,28+,29+/m0/s1. The minimum absolute atomic E-state index is 0.0443. The molecular formula is C29H46O8. The number of aliphatic hydroxyl groups is 5. The molecule has 0 aromatic carbocycles. The van der Waals surface area contributed by atoms with Gasteiger partial charge in [-0.15, -0.1) is 0 Å². The van der Waals surface area contributed by atoms with Crippen molar-refractivity contribution in [3.8, 4) is 0 Å². The Morgan fingerprint density at radius 1 is 1.16 bits per heavy atom. The van der Waals surface area contributed by atoms with Crippen LogP contribution in [-0.4, -0.2) is 66.5 Å². The summed E-state index contributed by atoms with van der Waals surface area (Å²) < 4.78 is 5.08. The van der Waals surface area contributed by atoms with Gasteiger partial charge in [-0.25, -0.2) is 0 Å². The molecule has 0 amide bonds. The third-order valence-electron chi connectivity index (χ3n) is 10.9. The Morgan fingerprint density at radius 3 is 2.41 bits per heavy atom. The quantitative estimate of drug-likeness (QED) is 0.264. The predicted octanol–water partition coefficient (Wildman–Crippen LogP) is 2.63. The molecular weight excluding hydrogens is 476 g/mol. The van der Waals surface area contributed by atoms with Crippen molar-refractivity contribution in [1.29, 1.82) is 0 Å². The van der Waals surface area contributed by atoms with Gasteiger partial charge in [-0.05, 0) is 93.6 Å². The summed E-state index contributed by atoms with van der Waals surface area (Å²) in [7, 11) is 0. The molecule has 3 saturated carbocycles. The van der Waals surface area contributed by atoms with Gasteiger partial charge in [-0.3, -0.25) is 9.59 Å². The maximum atomic E-state index is 13.5. The van der Waals surface area contributed by atoms with Gasteiger partial charge in [0.25, 0.3) is 0 Å². The molecule has 1 unspecified atom stereocenters. The van der Waals surface area contributed by atoms with E-state index in [2.05, 4.69) is 6.92 Å². The van der Waals surface area contributed by atoms with Crippen LogP contribution in [0.3, 0.4) is 0 Å². The van der Waals surface area contributed by atoms with E-state index in [0.29, 0.717) is 32.1 Å². The van der Waals surface area contributed by atoms with Gasteiger partial charge in [0, 0.05) is 24.7 Å². The van der Waals surface area contributed by atoms with Crippen LogP contribution in [0.5, 0.6) is 0 Å². The molecule has 4 aliphatic carbocycles. The summed E-state index contributed by atoms with van der Waals surface area (Å²) in [6.07, 6.45) is 3.12. The van der Waals surface area contributed by atoms with Gasteiger partial charge < -0.3 is 30.3 Å². The van der Waals surface area contributed by atoms with E-state index >= 15 is 0 Å². The molecule has 0 bridgehead atoms. The van der Waals surface area contributed by atoms with E-state index in [-0.39, 0.29) is 36.4 Å². The molecule has 3 fully saturated rings. The van der Waals surface area contributed by atoms with E-state index < -0.39 is 51.9 Å². The van der Waals surface area contributed by atoms with Crippen LogP contribution in [0.2, 0.25) is 0 Å². The highest BCUT2D eigenvalue weighted by Crippen LogP contribution is 2.68. The van der Waals surface area contributed by atoms with Crippen molar-refractivity contribution < 1.29 is 39.9 Å². The number of carbonyl (C=O) groups is 2. The average Bonchev–Trinajstić information content (AvgIpc) is 3.04. The molecule has 37 heavy (non-hydrogen) atoms. The van der Waals surface area contributed by atoms with Gasteiger partial charge in [0.15, 0.2) is 5.78 Å². The molecule has 8 nitrogen and oxygen atoms in total. The fourth-order valence-electron chi connectivity index (χ4n) is 8.61. The van der Waals surface area contributed by atoms with Crippen LogP contribution in [0.25, 0.3) is 0 Å². The third-order valence-corrected chi connectivity index (χ3v) is 10.9. The average molecular weight is 523 g/mol. The number of aliphatic hydroxyl groups excluding tert-OH is 2. The van der Waals surface area contributed by atoms with Crippen molar-refractivity contribution in [2.75, 3.05) is 0 Å². The number of hydrogen-bond donors (Lipinski definition) is 5. The van der Waals surface area contributed by atoms with Gasteiger partial charge in [-0.1, -0.05) is 20.8 Å². The highest BCUT2D eigenvalue weighted by atomic mass is 16.7. The van der Waals surface area contributed by atoms with Crippen LogP contribution in [0, 0.1) is 34.5 Å². The van der Waals surface area contributed by atoms with Gasteiger partial charge in [0.1, 0.15) is 6.10 Å². The van der Waals surface area contributed by atoms with Crippen LogP contribution >= 0.6 is 0 Å². The zero-order valence-electron chi connectivity index (χ0n) is 23.2.